The molecule has 100 valence electrons. The molecule has 1 aromatic rings. The summed E-state index contributed by atoms with van der Waals surface area (Å²) in [4.78, 5) is 0. The third-order valence-electron chi connectivity index (χ3n) is 4.14. The lowest BCUT2D eigenvalue weighted by molar-refractivity contribution is 0.237. The van der Waals surface area contributed by atoms with Crippen molar-refractivity contribution in [2.75, 3.05) is 7.05 Å². The van der Waals surface area contributed by atoms with Gasteiger partial charge in [0, 0.05) is 10.5 Å². The lowest BCUT2D eigenvalue weighted by atomic mass is 9.77. The van der Waals surface area contributed by atoms with Crippen LogP contribution in [0.15, 0.2) is 22.7 Å². The Morgan fingerprint density at radius 1 is 1.28 bits per heavy atom. The van der Waals surface area contributed by atoms with Gasteiger partial charge in [-0.2, -0.15) is 0 Å². The molecule has 1 nitrogen and oxygen atoms in total. The third kappa shape index (κ3) is 3.12. The van der Waals surface area contributed by atoms with Crippen LogP contribution in [0.5, 0.6) is 0 Å². The van der Waals surface area contributed by atoms with E-state index in [9.17, 15) is 4.39 Å². The van der Waals surface area contributed by atoms with Crippen molar-refractivity contribution in [2.24, 2.45) is 11.8 Å². The first-order valence-electron chi connectivity index (χ1n) is 6.74. The summed E-state index contributed by atoms with van der Waals surface area (Å²) >= 11 is 3.54. The molecule has 1 saturated carbocycles. The standard InChI is InChI=1S/C15H21BrFN/c1-10-3-5-11(6-4-10)15(18-2)13-9-12(17)7-8-14(13)16/h7-11,15,18H,3-6H2,1-2H3. The second-order valence-corrected chi connectivity index (χ2v) is 6.31. The van der Waals surface area contributed by atoms with Crippen LogP contribution in [0.4, 0.5) is 4.39 Å². The lowest BCUT2D eigenvalue weighted by Crippen LogP contribution is -2.28. The van der Waals surface area contributed by atoms with Crippen LogP contribution in [0, 0.1) is 17.7 Å². The van der Waals surface area contributed by atoms with E-state index in [1.807, 2.05) is 7.05 Å². The molecule has 1 fully saturated rings. The van der Waals surface area contributed by atoms with Crippen molar-refractivity contribution in [2.45, 2.75) is 38.6 Å². The molecule has 3 heteroatoms. The fraction of sp³-hybridized carbons (Fsp3) is 0.600. The van der Waals surface area contributed by atoms with Crippen molar-refractivity contribution in [3.63, 3.8) is 0 Å². The van der Waals surface area contributed by atoms with Gasteiger partial charge in [0.2, 0.25) is 0 Å². The Kier molecular flexibility index (Phi) is 4.79. The summed E-state index contributed by atoms with van der Waals surface area (Å²) < 4.78 is 14.4. The predicted molar refractivity (Wildman–Crippen MR) is 77.0 cm³/mol. The molecule has 0 amide bonds. The van der Waals surface area contributed by atoms with Crippen LogP contribution in [0.25, 0.3) is 0 Å². The number of nitrogens with one attached hydrogen (secondary N) is 1. The van der Waals surface area contributed by atoms with Gasteiger partial charge in [-0.05, 0) is 55.5 Å². The van der Waals surface area contributed by atoms with E-state index in [0.717, 1.165) is 16.0 Å². The van der Waals surface area contributed by atoms with Gasteiger partial charge in [0.05, 0.1) is 0 Å². The lowest BCUT2D eigenvalue weighted by Gasteiger charge is -2.33. The number of halogens is 2. The summed E-state index contributed by atoms with van der Waals surface area (Å²) in [5.74, 6) is 1.30. The minimum Gasteiger partial charge on any atom is -0.313 e. The number of rotatable bonds is 3. The molecule has 18 heavy (non-hydrogen) atoms. The summed E-state index contributed by atoms with van der Waals surface area (Å²) in [5, 5.41) is 3.37. The molecule has 0 aromatic heterocycles. The highest BCUT2D eigenvalue weighted by molar-refractivity contribution is 9.10. The first-order valence-corrected chi connectivity index (χ1v) is 7.53. The summed E-state index contributed by atoms with van der Waals surface area (Å²) in [6.45, 7) is 2.32. The van der Waals surface area contributed by atoms with E-state index in [1.165, 1.54) is 31.7 Å². The van der Waals surface area contributed by atoms with E-state index < -0.39 is 0 Å². The Labute approximate surface area is 117 Å². The SMILES string of the molecule is CNC(c1cc(F)ccc1Br)C1CCC(C)CC1. The van der Waals surface area contributed by atoms with Gasteiger partial charge in [0.1, 0.15) is 5.82 Å². The van der Waals surface area contributed by atoms with E-state index >= 15 is 0 Å². The fourth-order valence-corrected chi connectivity index (χ4v) is 3.51. The van der Waals surface area contributed by atoms with Gasteiger partial charge in [-0.1, -0.05) is 35.7 Å². The van der Waals surface area contributed by atoms with Crippen LogP contribution in [-0.2, 0) is 0 Å². The maximum atomic E-state index is 13.4. The molecule has 1 aliphatic rings. The average Bonchev–Trinajstić information content (AvgIpc) is 2.37. The van der Waals surface area contributed by atoms with E-state index in [-0.39, 0.29) is 11.9 Å². The Morgan fingerprint density at radius 3 is 2.56 bits per heavy atom. The first kappa shape index (κ1) is 14.0. The number of hydrogen-bond donors (Lipinski definition) is 1. The van der Waals surface area contributed by atoms with Crippen molar-refractivity contribution in [1.82, 2.24) is 5.32 Å². The Balaban J connectivity index is 2.19. The summed E-state index contributed by atoms with van der Waals surface area (Å²) in [6.07, 6.45) is 5.04. The molecule has 1 aromatic carbocycles. The Hall–Kier alpha value is -0.410. The highest BCUT2D eigenvalue weighted by atomic mass is 79.9. The molecule has 0 radical (unpaired) electrons. The van der Waals surface area contributed by atoms with Crippen molar-refractivity contribution < 1.29 is 4.39 Å². The molecule has 0 heterocycles. The largest absolute Gasteiger partial charge is 0.313 e. The van der Waals surface area contributed by atoms with Crippen LogP contribution < -0.4 is 5.32 Å². The van der Waals surface area contributed by atoms with E-state index in [0.29, 0.717) is 5.92 Å². The monoisotopic (exact) mass is 313 g/mol. The topological polar surface area (TPSA) is 12.0 Å². The van der Waals surface area contributed by atoms with Crippen molar-refractivity contribution in [3.05, 3.63) is 34.1 Å². The van der Waals surface area contributed by atoms with Gasteiger partial charge in [-0.3, -0.25) is 0 Å². The van der Waals surface area contributed by atoms with Gasteiger partial charge in [0.25, 0.3) is 0 Å². The average molecular weight is 314 g/mol. The van der Waals surface area contributed by atoms with Crippen LogP contribution in [0.1, 0.15) is 44.2 Å². The smallest absolute Gasteiger partial charge is 0.123 e. The molecule has 1 unspecified atom stereocenters. The molecule has 1 N–H and O–H groups in total. The first-order chi connectivity index (χ1) is 8.61. The quantitative estimate of drug-likeness (QED) is 0.854. The maximum Gasteiger partial charge on any atom is 0.123 e. The number of benzene rings is 1. The zero-order valence-electron chi connectivity index (χ0n) is 11.0. The highest BCUT2D eigenvalue weighted by Crippen LogP contribution is 2.38. The van der Waals surface area contributed by atoms with Crippen LogP contribution in [0.3, 0.4) is 0 Å². The second kappa shape index (κ2) is 6.16. The summed E-state index contributed by atoms with van der Waals surface area (Å²) in [6, 6.07) is 5.22. The van der Waals surface area contributed by atoms with Crippen molar-refractivity contribution >= 4 is 15.9 Å². The zero-order chi connectivity index (χ0) is 13.1. The molecule has 0 bridgehead atoms. The van der Waals surface area contributed by atoms with Crippen LogP contribution in [-0.4, -0.2) is 7.05 Å². The maximum absolute atomic E-state index is 13.4. The molecular weight excluding hydrogens is 293 g/mol. The van der Waals surface area contributed by atoms with E-state index in [2.05, 4.69) is 28.2 Å². The van der Waals surface area contributed by atoms with Crippen LogP contribution in [0.2, 0.25) is 0 Å². The molecular formula is C15H21BrFN. The minimum atomic E-state index is -0.155. The van der Waals surface area contributed by atoms with Crippen molar-refractivity contribution in [3.8, 4) is 0 Å². The van der Waals surface area contributed by atoms with Gasteiger partial charge in [-0.15, -0.1) is 0 Å². The molecule has 1 atom stereocenters. The normalized spacial score (nSPS) is 26.0. The zero-order valence-corrected chi connectivity index (χ0v) is 12.6. The van der Waals surface area contributed by atoms with Gasteiger partial charge in [0.15, 0.2) is 0 Å². The Morgan fingerprint density at radius 2 is 1.94 bits per heavy atom. The molecule has 0 spiro atoms. The van der Waals surface area contributed by atoms with Gasteiger partial charge in [-0.25, -0.2) is 4.39 Å². The van der Waals surface area contributed by atoms with E-state index in [1.54, 1.807) is 12.1 Å². The Bertz CT molecular complexity index is 399. The van der Waals surface area contributed by atoms with Crippen LogP contribution >= 0.6 is 15.9 Å². The fourth-order valence-electron chi connectivity index (χ4n) is 3.02. The number of hydrogen-bond acceptors (Lipinski definition) is 1. The second-order valence-electron chi connectivity index (χ2n) is 5.45. The van der Waals surface area contributed by atoms with Gasteiger partial charge < -0.3 is 5.32 Å². The summed E-state index contributed by atoms with van der Waals surface area (Å²) in [5.41, 5.74) is 1.05. The van der Waals surface area contributed by atoms with Crippen molar-refractivity contribution in [1.29, 1.82) is 0 Å². The molecule has 1 aliphatic carbocycles. The van der Waals surface area contributed by atoms with E-state index in [4.69, 9.17) is 0 Å². The summed E-state index contributed by atoms with van der Waals surface area (Å²) in [7, 11) is 1.97. The highest BCUT2D eigenvalue weighted by Gasteiger charge is 2.27. The molecule has 2 rings (SSSR count). The third-order valence-corrected chi connectivity index (χ3v) is 4.86. The predicted octanol–water partition coefficient (Wildman–Crippen LogP) is 4.68. The van der Waals surface area contributed by atoms with Gasteiger partial charge >= 0.3 is 0 Å². The molecule has 0 saturated heterocycles. The minimum absolute atomic E-state index is 0.155. The molecule has 0 aliphatic heterocycles.